The van der Waals surface area contributed by atoms with E-state index < -0.39 is 0 Å². The van der Waals surface area contributed by atoms with E-state index in [4.69, 9.17) is 5.11 Å². The van der Waals surface area contributed by atoms with Gasteiger partial charge in [0.15, 0.2) is 0 Å². The van der Waals surface area contributed by atoms with Gasteiger partial charge in [-0.25, -0.2) is 0 Å². The van der Waals surface area contributed by atoms with Crippen molar-refractivity contribution in [2.24, 2.45) is 5.92 Å². The molecule has 0 radical (unpaired) electrons. The smallest absolute Gasteiger partial charge is 0.243 e. The molecule has 1 amide bonds. The maximum Gasteiger partial charge on any atom is 0.243 e. The summed E-state index contributed by atoms with van der Waals surface area (Å²) >= 11 is 0. The Morgan fingerprint density at radius 3 is 2.62 bits per heavy atom. The lowest BCUT2D eigenvalue weighted by Crippen LogP contribution is -2.27. The molecule has 0 heterocycles. The van der Waals surface area contributed by atoms with Crippen LogP contribution in [0, 0.1) is 5.92 Å². The van der Waals surface area contributed by atoms with E-state index in [2.05, 4.69) is 5.32 Å². The molecule has 0 spiro atoms. The van der Waals surface area contributed by atoms with Gasteiger partial charge >= 0.3 is 0 Å². The van der Waals surface area contributed by atoms with Crippen LogP contribution in [0.5, 0.6) is 0 Å². The van der Waals surface area contributed by atoms with E-state index in [-0.39, 0.29) is 12.5 Å². The number of carbonyl (C=O) groups excluding carboxylic acids is 1. The number of rotatable bonds is 5. The van der Waals surface area contributed by atoms with Gasteiger partial charge in [-0.15, -0.1) is 0 Å². The fraction of sp³-hybridized carbons (Fsp3) is 0.700. The normalized spacial score (nSPS) is 12.0. The summed E-state index contributed by atoms with van der Waals surface area (Å²) in [4.78, 5) is 11.1. The Hall–Kier alpha value is -0.830. The Morgan fingerprint density at radius 2 is 2.15 bits per heavy atom. The van der Waals surface area contributed by atoms with Crippen molar-refractivity contribution >= 4 is 5.91 Å². The quantitative estimate of drug-likeness (QED) is 0.630. The Bertz CT molecular complexity index is 183. The minimum Gasteiger partial charge on any atom is -0.396 e. The molecule has 0 aromatic carbocycles. The number of aliphatic hydroxyl groups excluding tert-OH is 1. The van der Waals surface area contributed by atoms with Crippen molar-refractivity contribution in [1.29, 1.82) is 0 Å². The number of amides is 1. The summed E-state index contributed by atoms with van der Waals surface area (Å²) in [6, 6.07) is 0. The van der Waals surface area contributed by atoms with Crippen LogP contribution in [0.25, 0.3) is 0 Å². The van der Waals surface area contributed by atoms with Gasteiger partial charge in [-0.05, 0) is 26.2 Å². The molecule has 13 heavy (non-hydrogen) atoms. The van der Waals surface area contributed by atoms with Crippen LogP contribution >= 0.6 is 0 Å². The Kier molecular flexibility index (Phi) is 6.24. The molecule has 0 saturated carbocycles. The first-order valence-corrected chi connectivity index (χ1v) is 4.60. The average molecular weight is 185 g/mol. The van der Waals surface area contributed by atoms with Crippen LogP contribution in [0.4, 0.5) is 0 Å². The Balaban J connectivity index is 3.64. The molecule has 3 nitrogen and oxygen atoms in total. The monoisotopic (exact) mass is 185 g/mol. The molecule has 0 bridgehead atoms. The van der Waals surface area contributed by atoms with Gasteiger partial charge in [-0.2, -0.15) is 0 Å². The lowest BCUT2D eigenvalue weighted by Gasteiger charge is -2.09. The number of nitrogens with one attached hydrogen (secondary N) is 1. The molecule has 0 aliphatic rings. The van der Waals surface area contributed by atoms with Crippen molar-refractivity contribution in [3.63, 3.8) is 0 Å². The van der Waals surface area contributed by atoms with E-state index in [9.17, 15) is 4.79 Å². The fourth-order valence-electron chi connectivity index (χ4n) is 0.910. The molecule has 0 aromatic rings. The zero-order valence-corrected chi connectivity index (χ0v) is 8.63. The van der Waals surface area contributed by atoms with E-state index in [1.54, 1.807) is 6.08 Å². The van der Waals surface area contributed by atoms with Gasteiger partial charge in [0.05, 0.1) is 0 Å². The SMILES string of the molecule is CC(C)=CC(=O)NCC(C)CCO. The standard InChI is InChI=1S/C10H19NO2/c1-8(2)6-10(13)11-7-9(3)4-5-12/h6,9,12H,4-5,7H2,1-3H3,(H,11,13). The van der Waals surface area contributed by atoms with Crippen molar-refractivity contribution in [1.82, 2.24) is 5.32 Å². The van der Waals surface area contributed by atoms with E-state index in [1.165, 1.54) is 0 Å². The van der Waals surface area contributed by atoms with E-state index >= 15 is 0 Å². The van der Waals surface area contributed by atoms with Crippen molar-refractivity contribution in [2.75, 3.05) is 13.2 Å². The highest BCUT2D eigenvalue weighted by Gasteiger charge is 2.02. The number of carbonyl (C=O) groups is 1. The number of allylic oxidation sites excluding steroid dienone is 1. The van der Waals surface area contributed by atoms with Gasteiger partial charge in [0.25, 0.3) is 0 Å². The zero-order valence-electron chi connectivity index (χ0n) is 8.63. The molecular weight excluding hydrogens is 166 g/mol. The maximum atomic E-state index is 11.1. The van der Waals surface area contributed by atoms with Gasteiger partial charge in [0.1, 0.15) is 0 Å². The third-order valence-electron chi connectivity index (χ3n) is 1.67. The summed E-state index contributed by atoms with van der Waals surface area (Å²) in [5, 5.41) is 11.4. The average Bonchev–Trinajstić information content (AvgIpc) is 2.00. The minimum atomic E-state index is -0.0511. The van der Waals surface area contributed by atoms with Crippen molar-refractivity contribution < 1.29 is 9.90 Å². The highest BCUT2D eigenvalue weighted by Crippen LogP contribution is 1.98. The fourth-order valence-corrected chi connectivity index (χ4v) is 0.910. The first-order chi connectivity index (χ1) is 6.06. The third kappa shape index (κ3) is 7.53. The lowest BCUT2D eigenvalue weighted by atomic mass is 10.1. The predicted molar refractivity (Wildman–Crippen MR) is 53.3 cm³/mol. The van der Waals surface area contributed by atoms with E-state index in [1.807, 2.05) is 20.8 Å². The Labute approximate surface area is 79.8 Å². The highest BCUT2D eigenvalue weighted by atomic mass is 16.3. The van der Waals surface area contributed by atoms with Crippen LogP contribution in [-0.4, -0.2) is 24.2 Å². The number of aliphatic hydroxyl groups is 1. The summed E-state index contributed by atoms with van der Waals surface area (Å²) in [6.07, 6.45) is 2.31. The molecule has 3 heteroatoms. The molecule has 0 aliphatic heterocycles. The van der Waals surface area contributed by atoms with Crippen LogP contribution in [0.15, 0.2) is 11.6 Å². The molecule has 0 saturated heterocycles. The molecule has 0 aliphatic carbocycles. The van der Waals surface area contributed by atoms with Gasteiger partial charge < -0.3 is 10.4 Å². The van der Waals surface area contributed by atoms with Crippen LogP contribution in [0.1, 0.15) is 27.2 Å². The van der Waals surface area contributed by atoms with Crippen LogP contribution < -0.4 is 5.32 Å². The van der Waals surface area contributed by atoms with Gasteiger partial charge in [0, 0.05) is 19.2 Å². The summed E-state index contributed by atoms with van der Waals surface area (Å²) in [6.45, 7) is 6.58. The summed E-state index contributed by atoms with van der Waals surface area (Å²) < 4.78 is 0. The molecular formula is C10H19NO2. The summed E-state index contributed by atoms with van der Waals surface area (Å²) in [7, 11) is 0. The van der Waals surface area contributed by atoms with E-state index in [0.717, 1.165) is 12.0 Å². The molecule has 0 rings (SSSR count). The predicted octanol–water partition coefficient (Wildman–Crippen LogP) is 1.09. The summed E-state index contributed by atoms with van der Waals surface area (Å²) in [5.41, 5.74) is 0.993. The van der Waals surface area contributed by atoms with Crippen LogP contribution in [0.2, 0.25) is 0 Å². The number of hydrogen-bond donors (Lipinski definition) is 2. The lowest BCUT2D eigenvalue weighted by molar-refractivity contribution is -0.116. The largest absolute Gasteiger partial charge is 0.396 e. The zero-order chi connectivity index (χ0) is 10.3. The van der Waals surface area contributed by atoms with Gasteiger partial charge in [-0.3, -0.25) is 4.79 Å². The van der Waals surface area contributed by atoms with E-state index in [0.29, 0.717) is 12.5 Å². The first-order valence-electron chi connectivity index (χ1n) is 4.60. The van der Waals surface area contributed by atoms with Gasteiger partial charge in [0.2, 0.25) is 5.91 Å². The molecule has 1 atom stereocenters. The summed E-state index contributed by atoms with van der Waals surface area (Å²) in [5.74, 6) is 0.282. The topological polar surface area (TPSA) is 49.3 Å². The maximum absolute atomic E-state index is 11.1. The molecule has 0 fully saturated rings. The van der Waals surface area contributed by atoms with Crippen molar-refractivity contribution in [2.45, 2.75) is 27.2 Å². The highest BCUT2D eigenvalue weighted by molar-refractivity contribution is 5.87. The van der Waals surface area contributed by atoms with Gasteiger partial charge in [-0.1, -0.05) is 12.5 Å². The van der Waals surface area contributed by atoms with Crippen molar-refractivity contribution in [3.05, 3.63) is 11.6 Å². The first kappa shape index (κ1) is 12.2. The van der Waals surface area contributed by atoms with Crippen LogP contribution in [-0.2, 0) is 4.79 Å². The second kappa shape index (κ2) is 6.66. The van der Waals surface area contributed by atoms with Crippen molar-refractivity contribution in [3.8, 4) is 0 Å². The molecule has 76 valence electrons. The molecule has 0 aromatic heterocycles. The third-order valence-corrected chi connectivity index (χ3v) is 1.67. The second-order valence-electron chi connectivity index (χ2n) is 3.58. The number of hydrogen-bond acceptors (Lipinski definition) is 2. The molecule has 1 unspecified atom stereocenters. The Morgan fingerprint density at radius 1 is 1.54 bits per heavy atom. The minimum absolute atomic E-state index is 0.0511. The molecule has 2 N–H and O–H groups in total. The second-order valence-corrected chi connectivity index (χ2v) is 3.58. The van der Waals surface area contributed by atoms with Crippen LogP contribution in [0.3, 0.4) is 0 Å².